The van der Waals surface area contributed by atoms with Crippen molar-refractivity contribution in [2.45, 2.75) is 136 Å². The fourth-order valence-corrected chi connectivity index (χ4v) is 14.4. The van der Waals surface area contributed by atoms with E-state index in [-0.39, 0.29) is 36.4 Å². The number of nitrogens with zero attached hydrogens (tertiary/aromatic N) is 1. The van der Waals surface area contributed by atoms with Gasteiger partial charge in [0.1, 0.15) is 0 Å². The average molecular weight is 681 g/mol. The van der Waals surface area contributed by atoms with Crippen LogP contribution in [0.3, 0.4) is 0 Å². The first kappa shape index (κ1) is 35.7. The molecule has 1 heterocycles. The molecule has 49 heavy (non-hydrogen) atoms. The van der Waals surface area contributed by atoms with E-state index in [1.807, 2.05) is 0 Å². The number of nitrogens with one attached hydrogen (secondary N) is 1. The summed E-state index contributed by atoms with van der Waals surface area (Å²) in [5.41, 5.74) is 2.82. The predicted octanol–water partition coefficient (Wildman–Crippen LogP) is 8.67. The Hall–Kier alpha value is -1.73. The zero-order valence-electron chi connectivity index (χ0n) is 31.2. The number of halogens is 1. The van der Waals surface area contributed by atoms with Gasteiger partial charge in [0.05, 0.1) is 6.67 Å². The van der Waals surface area contributed by atoms with Gasteiger partial charge in [-0.25, -0.2) is 0 Å². The Morgan fingerprint density at radius 3 is 2.22 bits per heavy atom. The second kappa shape index (κ2) is 12.5. The van der Waals surface area contributed by atoms with Gasteiger partial charge in [-0.1, -0.05) is 53.2 Å². The lowest BCUT2D eigenvalue weighted by Gasteiger charge is -2.72. The minimum atomic E-state index is -1.63. The molecule has 2 unspecified atom stereocenters. The van der Waals surface area contributed by atoms with E-state index in [0.717, 1.165) is 44.2 Å². The van der Waals surface area contributed by atoms with Gasteiger partial charge in [-0.15, -0.1) is 0 Å². The first-order chi connectivity index (χ1) is 23.2. The van der Waals surface area contributed by atoms with Crippen molar-refractivity contribution in [1.29, 1.82) is 0 Å². The van der Waals surface area contributed by atoms with Crippen molar-refractivity contribution in [2.75, 3.05) is 32.9 Å². The van der Waals surface area contributed by atoms with Crippen LogP contribution in [-0.2, 0) is 9.59 Å². The summed E-state index contributed by atoms with van der Waals surface area (Å²) < 4.78 is 13.4. The van der Waals surface area contributed by atoms with Gasteiger partial charge in [-0.05, 0) is 165 Å². The number of hydrogen-bond acceptors (Lipinski definition) is 4. The van der Waals surface area contributed by atoms with Crippen molar-refractivity contribution in [2.24, 2.45) is 56.7 Å². The number of allylic oxidation sites excluding steroid dienone is 4. The maximum absolute atomic E-state index is 13.4. The number of carboxylic acid groups (broad SMARTS) is 2. The lowest BCUT2D eigenvalue weighted by molar-refractivity contribution is -0.218. The van der Waals surface area contributed by atoms with Crippen molar-refractivity contribution in [3.05, 3.63) is 23.3 Å². The highest BCUT2D eigenvalue weighted by Gasteiger charge is 2.69. The topological polar surface area (TPSA) is 89.9 Å². The number of rotatable bonds is 8. The third kappa shape index (κ3) is 5.26. The molecule has 0 bridgehead atoms. The minimum Gasteiger partial charge on any atom is -0.480 e. The van der Waals surface area contributed by atoms with Crippen molar-refractivity contribution in [3.8, 4) is 0 Å². The molecule has 274 valence electrons. The van der Waals surface area contributed by atoms with Crippen LogP contribution in [0.2, 0.25) is 0 Å². The van der Waals surface area contributed by atoms with Gasteiger partial charge >= 0.3 is 11.9 Å². The Morgan fingerprint density at radius 2 is 1.57 bits per heavy atom. The molecule has 0 aromatic rings. The SMILES string of the molecule is CC1(C)C(C2=CC[C@H](CF)CC2)=CC[C@@]2(C)C1CC[C@]1(C)C2CC[C@@H]2[C@H]3CCC[C@]3(NCCN3CCC(C(=O)O)(C(=O)O)CC3)CC[C@]21C. The molecule has 6 aliphatic carbocycles. The molecular formula is C42H65FN2O4. The summed E-state index contributed by atoms with van der Waals surface area (Å²) in [5.74, 6) is 0.703. The number of carboxylic acids is 2. The number of carbonyl (C=O) groups is 2. The summed E-state index contributed by atoms with van der Waals surface area (Å²) in [7, 11) is 0. The lowest BCUT2D eigenvalue weighted by Crippen LogP contribution is -2.67. The molecule has 7 heteroatoms. The molecule has 1 aliphatic heterocycles. The van der Waals surface area contributed by atoms with Gasteiger partial charge < -0.3 is 20.4 Å². The highest BCUT2D eigenvalue weighted by molar-refractivity contribution is 5.98. The van der Waals surface area contributed by atoms with E-state index in [9.17, 15) is 24.2 Å². The molecule has 0 spiro atoms. The smallest absolute Gasteiger partial charge is 0.321 e. The van der Waals surface area contributed by atoms with E-state index in [1.54, 1.807) is 5.57 Å². The molecule has 7 aliphatic rings. The second-order valence-corrected chi connectivity index (χ2v) is 19.4. The average Bonchev–Trinajstić information content (AvgIpc) is 3.49. The van der Waals surface area contributed by atoms with Crippen LogP contribution in [0.5, 0.6) is 0 Å². The van der Waals surface area contributed by atoms with Crippen LogP contribution in [0, 0.1) is 56.7 Å². The zero-order valence-corrected chi connectivity index (χ0v) is 31.2. The summed E-state index contributed by atoms with van der Waals surface area (Å²) in [4.78, 5) is 25.9. The van der Waals surface area contributed by atoms with Gasteiger partial charge in [-0.2, -0.15) is 0 Å². The second-order valence-electron chi connectivity index (χ2n) is 19.4. The van der Waals surface area contributed by atoms with Crippen LogP contribution in [0.1, 0.15) is 131 Å². The van der Waals surface area contributed by atoms with Crippen molar-refractivity contribution in [3.63, 3.8) is 0 Å². The standard InChI is InChI=1S/C42H65FN2O4/c1-37(2)30(29-10-8-28(27-43)9-11-29)14-17-38(3)33(37)15-18-40(5)34(38)13-12-31-32-7-6-16-42(32,20-19-39(31,40)4)44-23-26-45-24-21-41(22-25-45,35(46)47)36(48)49/h10,14,28,31-34,44H,6-9,11-13,15-27H2,1-5H3,(H,46,47)(H,48,49)/t28-,31+,32+,33?,34?,38-,39+,40+,42-/m0/s1. The molecule has 3 N–H and O–H groups in total. The number of fused-ring (bicyclic) bond motifs is 7. The molecule has 0 aromatic heterocycles. The predicted molar refractivity (Wildman–Crippen MR) is 192 cm³/mol. The zero-order chi connectivity index (χ0) is 35.0. The molecule has 0 amide bonds. The van der Waals surface area contributed by atoms with E-state index in [4.69, 9.17) is 0 Å². The Kier molecular flexibility index (Phi) is 9.06. The number of hydrogen-bond donors (Lipinski definition) is 3. The summed E-state index contributed by atoms with van der Waals surface area (Å²) in [5, 5.41) is 23.4. The van der Waals surface area contributed by atoms with Gasteiger partial charge in [0.15, 0.2) is 5.41 Å². The molecule has 5 fully saturated rings. The quantitative estimate of drug-likeness (QED) is 0.222. The lowest BCUT2D eigenvalue weighted by atomic mass is 9.33. The maximum atomic E-state index is 13.4. The van der Waals surface area contributed by atoms with E-state index in [0.29, 0.717) is 41.2 Å². The van der Waals surface area contributed by atoms with E-state index in [1.165, 1.54) is 69.8 Å². The highest BCUT2D eigenvalue weighted by atomic mass is 19.1. The van der Waals surface area contributed by atoms with Crippen LogP contribution in [0.4, 0.5) is 4.39 Å². The molecular weight excluding hydrogens is 615 g/mol. The largest absolute Gasteiger partial charge is 0.480 e. The van der Waals surface area contributed by atoms with E-state index >= 15 is 0 Å². The summed E-state index contributed by atoms with van der Waals surface area (Å²) in [6, 6.07) is 0. The minimum absolute atomic E-state index is 0.147. The number of likely N-dealkylation sites (tertiary alicyclic amines) is 1. The first-order valence-corrected chi connectivity index (χ1v) is 20.1. The Labute approximate surface area is 295 Å². The van der Waals surface area contributed by atoms with Crippen LogP contribution in [-0.4, -0.2) is 65.4 Å². The van der Waals surface area contributed by atoms with Crippen molar-refractivity contribution >= 4 is 11.9 Å². The van der Waals surface area contributed by atoms with E-state index in [2.05, 4.69) is 57.0 Å². The summed E-state index contributed by atoms with van der Waals surface area (Å²) >= 11 is 0. The normalized spacial score (nSPS) is 44.4. The number of aliphatic carboxylic acids is 2. The van der Waals surface area contributed by atoms with Crippen LogP contribution < -0.4 is 5.32 Å². The maximum Gasteiger partial charge on any atom is 0.321 e. The highest BCUT2D eigenvalue weighted by Crippen LogP contribution is 2.76. The van der Waals surface area contributed by atoms with Crippen molar-refractivity contribution in [1.82, 2.24) is 10.2 Å². The summed E-state index contributed by atoms with van der Waals surface area (Å²) in [6.45, 7) is 15.8. The van der Waals surface area contributed by atoms with Gasteiger partial charge in [0.25, 0.3) is 0 Å². The van der Waals surface area contributed by atoms with Crippen LogP contribution in [0.15, 0.2) is 23.3 Å². The van der Waals surface area contributed by atoms with Gasteiger partial charge in [-0.3, -0.25) is 14.0 Å². The fourth-order valence-electron chi connectivity index (χ4n) is 14.4. The Morgan fingerprint density at radius 1 is 0.837 bits per heavy atom. The van der Waals surface area contributed by atoms with Gasteiger partial charge in [0.2, 0.25) is 0 Å². The van der Waals surface area contributed by atoms with Crippen LogP contribution >= 0.6 is 0 Å². The molecule has 7 rings (SSSR count). The first-order valence-electron chi connectivity index (χ1n) is 20.1. The third-order valence-electron chi connectivity index (χ3n) is 17.5. The van der Waals surface area contributed by atoms with Crippen molar-refractivity contribution < 1.29 is 24.2 Å². The molecule has 9 atom stereocenters. The summed E-state index contributed by atoms with van der Waals surface area (Å²) in [6.07, 6.45) is 21.3. The molecule has 0 radical (unpaired) electrons. The number of piperidine rings is 1. The van der Waals surface area contributed by atoms with E-state index < -0.39 is 17.4 Å². The van der Waals surface area contributed by atoms with Crippen LogP contribution in [0.25, 0.3) is 0 Å². The fraction of sp³-hybridized carbons (Fsp3) is 0.857. The third-order valence-corrected chi connectivity index (χ3v) is 17.5. The molecule has 4 saturated carbocycles. The molecule has 6 nitrogen and oxygen atoms in total. The van der Waals surface area contributed by atoms with Gasteiger partial charge in [0, 0.05) is 18.6 Å². The Bertz CT molecular complexity index is 1370. The monoisotopic (exact) mass is 680 g/mol. The molecule has 0 aromatic carbocycles. The Balaban J connectivity index is 1.05. The number of alkyl halides is 1. The molecule has 1 saturated heterocycles.